The number of aryl methyl sites for hydroxylation is 2. The number of para-hydroxylation sites is 1. The molecule has 0 aliphatic carbocycles. The molecule has 0 unspecified atom stereocenters. The molecule has 5 rings (SSSR count). The van der Waals surface area contributed by atoms with Crippen LogP contribution in [0.3, 0.4) is 0 Å². The number of hydrogen-bond donors (Lipinski definition) is 4. The average Bonchev–Trinajstić information content (AvgIpc) is 3.63. The van der Waals surface area contributed by atoms with E-state index in [0.29, 0.717) is 33.2 Å². The number of ether oxygens (including phenoxy) is 1. The Bertz CT molecular complexity index is 1740. The lowest BCUT2D eigenvalue weighted by Crippen LogP contribution is -2.42. The van der Waals surface area contributed by atoms with E-state index in [1.165, 1.54) is 11.3 Å². The Morgan fingerprint density at radius 1 is 1.00 bits per heavy atom. The predicted molar refractivity (Wildman–Crippen MR) is 158 cm³/mol. The molecule has 0 atom stereocenters. The van der Waals surface area contributed by atoms with Crippen LogP contribution in [-0.2, 0) is 12.1 Å². The molecule has 0 aliphatic rings. The van der Waals surface area contributed by atoms with Gasteiger partial charge in [-0.2, -0.15) is 10.2 Å². The number of nitrogens with one attached hydrogen (secondary N) is 4. The summed E-state index contributed by atoms with van der Waals surface area (Å²) in [6.45, 7) is 8.02. The molecule has 0 saturated heterocycles. The molecule has 3 heterocycles. The lowest BCUT2D eigenvalue weighted by atomic mass is 9.95. The molecular weight excluding hydrogens is 542 g/mol. The molecule has 2 aromatic carbocycles. The van der Waals surface area contributed by atoms with Gasteiger partial charge in [0, 0.05) is 12.6 Å². The van der Waals surface area contributed by atoms with Gasteiger partial charge >= 0.3 is 6.09 Å². The largest absolute Gasteiger partial charge is 0.414 e. The van der Waals surface area contributed by atoms with Crippen molar-refractivity contribution < 1.29 is 19.1 Å². The fourth-order valence-electron chi connectivity index (χ4n) is 4.36. The summed E-state index contributed by atoms with van der Waals surface area (Å²) in [6.07, 6.45) is -0.606. The number of fused-ring (bicyclic) bond motifs is 1. The fraction of sp³-hybridized carbons (Fsp3) is 0.207. The van der Waals surface area contributed by atoms with E-state index >= 15 is 0 Å². The number of aromatic nitrogens is 4. The minimum Gasteiger partial charge on any atom is -0.399 e. The Morgan fingerprint density at radius 3 is 2.49 bits per heavy atom. The van der Waals surface area contributed by atoms with Crippen molar-refractivity contribution in [2.45, 2.75) is 39.8 Å². The molecule has 11 nitrogen and oxygen atoms in total. The second-order valence-electron chi connectivity index (χ2n) is 9.83. The maximum absolute atomic E-state index is 13.3. The zero-order valence-corrected chi connectivity index (χ0v) is 23.8. The minimum absolute atomic E-state index is 0.255. The predicted octanol–water partition coefficient (Wildman–Crippen LogP) is 5.68. The van der Waals surface area contributed by atoms with Gasteiger partial charge < -0.3 is 20.7 Å². The van der Waals surface area contributed by atoms with Gasteiger partial charge in [-0.25, -0.2) is 4.79 Å². The van der Waals surface area contributed by atoms with Crippen LogP contribution < -0.4 is 20.7 Å². The van der Waals surface area contributed by atoms with Gasteiger partial charge in [0.2, 0.25) is 0 Å². The van der Waals surface area contributed by atoms with E-state index in [-0.39, 0.29) is 17.3 Å². The molecule has 3 amide bonds. The smallest absolute Gasteiger partial charge is 0.399 e. The Balaban J connectivity index is 1.29. The third-order valence-corrected chi connectivity index (χ3v) is 7.34. The molecule has 0 fully saturated rings. The van der Waals surface area contributed by atoms with Crippen molar-refractivity contribution in [3.8, 4) is 5.06 Å². The van der Waals surface area contributed by atoms with E-state index in [9.17, 15) is 14.4 Å². The number of nitrogens with zero attached hydrogens (tertiary/aromatic N) is 3. The second-order valence-corrected chi connectivity index (χ2v) is 10.8. The van der Waals surface area contributed by atoms with Crippen LogP contribution in [0.5, 0.6) is 5.06 Å². The number of thiophene rings is 1. The molecule has 0 aliphatic heterocycles. The second kappa shape index (κ2) is 11.3. The zero-order valence-electron chi connectivity index (χ0n) is 22.9. The summed E-state index contributed by atoms with van der Waals surface area (Å²) in [4.78, 5) is 39.5. The molecule has 4 N–H and O–H groups in total. The summed E-state index contributed by atoms with van der Waals surface area (Å²) in [5, 5.41) is 20.8. The van der Waals surface area contributed by atoms with Crippen LogP contribution in [0.15, 0.2) is 66.7 Å². The summed E-state index contributed by atoms with van der Waals surface area (Å²) < 4.78 is 7.14. The fourth-order valence-corrected chi connectivity index (χ4v) is 5.21. The maximum atomic E-state index is 13.3. The zero-order chi connectivity index (χ0) is 29.1. The molecule has 3 aromatic heterocycles. The third kappa shape index (κ3) is 5.97. The Labute approximate surface area is 239 Å². The average molecular weight is 572 g/mol. The van der Waals surface area contributed by atoms with Crippen molar-refractivity contribution in [2.75, 3.05) is 10.6 Å². The Morgan fingerprint density at radius 2 is 1.73 bits per heavy atom. The maximum Gasteiger partial charge on any atom is 0.414 e. The van der Waals surface area contributed by atoms with Gasteiger partial charge in [-0.3, -0.25) is 19.4 Å². The Kier molecular flexibility index (Phi) is 7.58. The lowest BCUT2D eigenvalue weighted by molar-refractivity contribution is 0.101. The Hall–Kier alpha value is -4.97. The SMILES string of the molecule is CCn1nc(C)cc1C(=O)Nc1ccccc1C(=O)Nc1n[nH]c2sc(OC(=O)NC(C)(C)c3ccccc3)cc12. The molecule has 0 spiro atoms. The van der Waals surface area contributed by atoms with Gasteiger partial charge in [0.1, 0.15) is 10.5 Å². The van der Waals surface area contributed by atoms with Crippen molar-refractivity contribution >= 4 is 51.0 Å². The number of carbonyl (C=O) groups excluding carboxylic acids is 3. The third-order valence-electron chi connectivity index (χ3n) is 6.42. The van der Waals surface area contributed by atoms with Crippen molar-refractivity contribution in [1.82, 2.24) is 25.3 Å². The van der Waals surface area contributed by atoms with Crippen molar-refractivity contribution in [1.29, 1.82) is 0 Å². The van der Waals surface area contributed by atoms with E-state index < -0.39 is 17.5 Å². The van der Waals surface area contributed by atoms with Gasteiger partial charge in [-0.05, 0) is 51.5 Å². The van der Waals surface area contributed by atoms with Gasteiger partial charge in [0.15, 0.2) is 10.9 Å². The molecule has 12 heteroatoms. The summed E-state index contributed by atoms with van der Waals surface area (Å²) in [6, 6.07) is 19.6. The highest BCUT2D eigenvalue weighted by Gasteiger charge is 2.25. The van der Waals surface area contributed by atoms with E-state index in [4.69, 9.17) is 4.74 Å². The first-order valence-electron chi connectivity index (χ1n) is 12.9. The van der Waals surface area contributed by atoms with Crippen LogP contribution in [0.4, 0.5) is 16.3 Å². The van der Waals surface area contributed by atoms with E-state index in [1.807, 2.05) is 58.0 Å². The number of H-pyrrole nitrogens is 1. The highest BCUT2D eigenvalue weighted by Crippen LogP contribution is 2.35. The number of anilines is 2. The normalized spacial score (nSPS) is 11.3. The van der Waals surface area contributed by atoms with Crippen molar-refractivity contribution in [3.63, 3.8) is 0 Å². The number of rotatable bonds is 8. The van der Waals surface area contributed by atoms with Gasteiger partial charge in [0.05, 0.1) is 27.9 Å². The van der Waals surface area contributed by atoms with E-state index in [0.717, 1.165) is 11.3 Å². The number of benzene rings is 2. The minimum atomic E-state index is -0.644. The van der Waals surface area contributed by atoms with E-state index in [1.54, 1.807) is 41.1 Å². The van der Waals surface area contributed by atoms with Gasteiger partial charge in [-0.1, -0.05) is 53.8 Å². The monoisotopic (exact) mass is 571 g/mol. The molecule has 0 saturated carbocycles. The summed E-state index contributed by atoms with van der Waals surface area (Å²) in [7, 11) is 0. The summed E-state index contributed by atoms with van der Waals surface area (Å²) in [5.41, 5.74) is 2.01. The van der Waals surface area contributed by atoms with Crippen LogP contribution in [0, 0.1) is 6.92 Å². The first-order chi connectivity index (χ1) is 19.6. The van der Waals surface area contributed by atoms with Crippen LogP contribution in [-0.4, -0.2) is 37.9 Å². The molecule has 5 aromatic rings. The molecule has 0 bridgehead atoms. The van der Waals surface area contributed by atoms with Crippen LogP contribution in [0.1, 0.15) is 52.9 Å². The van der Waals surface area contributed by atoms with Gasteiger partial charge in [-0.15, -0.1) is 0 Å². The molecule has 210 valence electrons. The quantitative estimate of drug-likeness (QED) is 0.189. The standard InChI is InChI=1S/C29H29N7O4S/c1-5-36-22(15-17(2)35-36)26(38)30-21-14-10-9-13-19(21)25(37)31-24-20-16-23(41-27(20)34-33-24)40-28(39)32-29(3,4)18-11-7-6-8-12-18/h6-16H,5H2,1-4H3,(H,30,38)(H,32,39)(H2,31,33,34,37). The molecule has 41 heavy (non-hydrogen) atoms. The number of amides is 3. The molecular formula is C29H29N7O4S. The first-order valence-corrected chi connectivity index (χ1v) is 13.8. The molecule has 0 radical (unpaired) electrons. The van der Waals surface area contributed by atoms with Crippen LogP contribution in [0.25, 0.3) is 10.2 Å². The van der Waals surface area contributed by atoms with E-state index in [2.05, 4.69) is 31.2 Å². The van der Waals surface area contributed by atoms with Crippen LogP contribution in [0.2, 0.25) is 0 Å². The highest BCUT2D eigenvalue weighted by atomic mass is 32.1. The number of aromatic amines is 1. The number of hydrogen-bond acceptors (Lipinski definition) is 7. The first kappa shape index (κ1) is 27.6. The summed E-state index contributed by atoms with van der Waals surface area (Å²) in [5.74, 6) is -0.573. The van der Waals surface area contributed by atoms with Crippen molar-refractivity contribution in [2.24, 2.45) is 0 Å². The lowest BCUT2D eigenvalue weighted by Gasteiger charge is -2.26. The van der Waals surface area contributed by atoms with Crippen molar-refractivity contribution in [3.05, 3.63) is 89.2 Å². The number of carbonyl (C=O) groups is 3. The highest BCUT2D eigenvalue weighted by molar-refractivity contribution is 7.20. The van der Waals surface area contributed by atoms with Crippen LogP contribution >= 0.6 is 11.3 Å². The van der Waals surface area contributed by atoms with Gasteiger partial charge in [0.25, 0.3) is 11.8 Å². The summed E-state index contributed by atoms with van der Waals surface area (Å²) >= 11 is 1.19. The topological polar surface area (TPSA) is 143 Å².